The van der Waals surface area contributed by atoms with Gasteiger partial charge in [0.2, 0.25) is 5.91 Å². The molecule has 7 heteroatoms. The van der Waals surface area contributed by atoms with Gasteiger partial charge in [0.15, 0.2) is 0 Å². The van der Waals surface area contributed by atoms with Gasteiger partial charge in [-0.05, 0) is 56.0 Å². The molecule has 7 nitrogen and oxygen atoms in total. The molecule has 0 aliphatic heterocycles. The molecule has 1 aliphatic rings. The highest BCUT2D eigenvalue weighted by Crippen LogP contribution is 2.31. The van der Waals surface area contributed by atoms with Crippen LogP contribution in [0, 0.1) is 12.8 Å². The molecule has 0 aromatic carbocycles. The molecule has 3 aromatic rings. The molecule has 1 aliphatic carbocycles. The number of carbonyl (C=O) groups excluding carboxylic acids is 1. The summed E-state index contributed by atoms with van der Waals surface area (Å²) in [6.45, 7) is 2.01. The molecule has 3 aromatic heterocycles. The van der Waals surface area contributed by atoms with E-state index in [9.17, 15) is 4.79 Å². The molecule has 0 saturated heterocycles. The van der Waals surface area contributed by atoms with E-state index in [0.29, 0.717) is 11.6 Å². The first kappa shape index (κ1) is 17.8. The lowest BCUT2D eigenvalue weighted by atomic mass is 10.1. The van der Waals surface area contributed by atoms with Crippen LogP contribution in [0.4, 0.5) is 11.6 Å². The molecule has 0 atom stereocenters. The minimum Gasteiger partial charge on any atom is -0.383 e. The highest BCUT2D eigenvalue weighted by Gasteiger charge is 2.29. The number of amides is 1. The summed E-state index contributed by atoms with van der Waals surface area (Å²) in [6.07, 6.45) is 7.10. The maximum atomic E-state index is 11.9. The Morgan fingerprint density at radius 3 is 2.69 bits per heavy atom. The van der Waals surface area contributed by atoms with E-state index in [4.69, 9.17) is 5.73 Å². The first-order valence-corrected chi connectivity index (χ1v) is 8.47. The van der Waals surface area contributed by atoms with Gasteiger partial charge in [0.1, 0.15) is 11.6 Å². The summed E-state index contributed by atoms with van der Waals surface area (Å²) in [6, 6.07) is 5.72. The number of anilines is 2. The Kier molecular flexibility index (Phi) is 5.09. The zero-order chi connectivity index (χ0) is 18.7. The van der Waals surface area contributed by atoms with Crippen LogP contribution in [0.5, 0.6) is 0 Å². The standard InChI is InChI=1S/C18H17N5O.CH5N/c1-10-4-5-20-8-13(10)15-6-12-7-16(23-18(24)11-2-3-11)21-9-14(12)17(19)22-15;1-2/h4-9,11H,2-3H2,1H3,(H2,19,22)(H,21,23,24);2H2,1H3. The van der Waals surface area contributed by atoms with E-state index in [2.05, 4.69) is 26.0 Å². The Labute approximate surface area is 151 Å². The summed E-state index contributed by atoms with van der Waals surface area (Å²) in [5, 5.41) is 4.52. The van der Waals surface area contributed by atoms with Crippen molar-refractivity contribution < 1.29 is 4.79 Å². The van der Waals surface area contributed by atoms with Crippen molar-refractivity contribution in [3.8, 4) is 11.3 Å². The zero-order valence-corrected chi connectivity index (χ0v) is 14.9. The minimum atomic E-state index is 0.0344. The number of rotatable bonds is 3. The lowest BCUT2D eigenvalue weighted by Crippen LogP contribution is -2.14. The van der Waals surface area contributed by atoms with Gasteiger partial charge in [0, 0.05) is 35.5 Å². The first-order chi connectivity index (χ1) is 12.6. The molecule has 0 bridgehead atoms. The Balaban J connectivity index is 0.000000948. The normalized spacial score (nSPS) is 13.0. The number of aryl methyl sites for hydroxylation is 1. The molecule has 134 valence electrons. The third-order valence-corrected chi connectivity index (χ3v) is 4.26. The highest BCUT2D eigenvalue weighted by atomic mass is 16.2. The van der Waals surface area contributed by atoms with Crippen LogP contribution in [0.1, 0.15) is 18.4 Å². The number of pyridine rings is 3. The van der Waals surface area contributed by atoms with Crippen LogP contribution >= 0.6 is 0 Å². The first-order valence-electron chi connectivity index (χ1n) is 8.47. The fourth-order valence-electron chi connectivity index (χ4n) is 2.69. The van der Waals surface area contributed by atoms with Gasteiger partial charge in [-0.15, -0.1) is 0 Å². The number of fused-ring (bicyclic) bond motifs is 1. The summed E-state index contributed by atoms with van der Waals surface area (Å²) in [4.78, 5) is 24.8. The summed E-state index contributed by atoms with van der Waals surface area (Å²) >= 11 is 0. The minimum absolute atomic E-state index is 0.0344. The molecular weight excluding hydrogens is 328 g/mol. The zero-order valence-electron chi connectivity index (χ0n) is 14.9. The number of nitrogens with two attached hydrogens (primary N) is 2. The molecular formula is C19H22N6O. The van der Waals surface area contributed by atoms with E-state index in [-0.39, 0.29) is 11.8 Å². The third-order valence-electron chi connectivity index (χ3n) is 4.26. The second-order valence-electron chi connectivity index (χ2n) is 6.14. The van der Waals surface area contributed by atoms with Gasteiger partial charge in [-0.25, -0.2) is 9.97 Å². The molecule has 0 spiro atoms. The molecule has 26 heavy (non-hydrogen) atoms. The maximum absolute atomic E-state index is 11.9. The molecule has 1 amide bonds. The van der Waals surface area contributed by atoms with Gasteiger partial charge in [-0.1, -0.05) is 0 Å². The van der Waals surface area contributed by atoms with Crippen LogP contribution in [-0.2, 0) is 4.79 Å². The van der Waals surface area contributed by atoms with E-state index >= 15 is 0 Å². The topological polar surface area (TPSA) is 120 Å². The molecule has 5 N–H and O–H groups in total. The van der Waals surface area contributed by atoms with E-state index in [1.54, 1.807) is 18.6 Å². The fourth-order valence-corrected chi connectivity index (χ4v) is 2.69. The van der Waals surface area contributed by atoms with E-state index < -0.39 is 0 Å². The van der Waals surface area contributed by atoms with Crippen molar-refractivity contribution in [3.63, 3.8) is 0 Å². The number of hydrogen-bond donors (Lipinski definition) is 3. The van der Waals surface area contributed by atoms with Gasteiger partial charge in [0.25, 0.3) is 0 Å². The number of hydrogen-bond acceptors (Lipinski definition) is 6. The Hall–Kier alpha value is -3.06. The second-order valence-corrected chi connectivity index (χ2v) is 6.14. The van der Waals surface area contributed by atoms with E-state index in [0.717, 1.165) is 40.4 Å². The fraction of sp³-hybridized carbons (Fsp3) is 0.263. The molecule has 1 saturated carbocycles. The molecule has 4 rings (SSSR count). The Morgan fingerprint density at radius 2 is 2.00 bits per heavy atom. The molecule has 0 radical (unpaired) electrons. The van der Waals surface area contributed by atoms with Crippen LogP contribution in [0.3, 0.4) is 0 Å². The molecule has 1 fully saturated rings. The van der Waals surface area contributed by atoms with E-state index in [1.165, 1.54) is 7.05 Å². The van der Waals surface area contributed by atoms with Crippen LogP contribution in [0.2, 0.25) is 0 Å². The van der Waals surface area contributed by atoms with Crippen LogP contribution in [0.25, 0.3) is 22.0 Å². The number of aromatic nitrogens is 3. The Bertz CT molecular complexity index is 952. The van der Waals surface area contributed by atoms with Crippen LogP contribution in [-0.4, -0.2) is 27.9 Å². The Morgan fingerprint density at radius 1 is 1.23 bits per heavy atom. The number of nitrogens with zero attached hydrogens (tertiary/aromatic N) is 3. The van der Waals surface area contributed by atoms with Gasteiger partial charge in [-0.2, -0.15) is 0 Å². The smallest absolute Gasteiger partial charge is 0.228 e. The predicted molar refractivity (Wildman–Crippen MR) is 103 cm³/mol. The predicted octanol–water partition coefficient (Wildman–Crippen LogP) is 2.51. The van der Waals surface area contributed by atoms with Crippen LogP contribution in [0.15, 0.2) is 36.8 Å². The SMILES string of the molecule is CN.Cc1ccncc1-c1cc2cc(NC(=O)C3CC3)ncc2c(N)n1. The monoisotopic (exact) mass is 350 g/mol. The highest BCUT2D eigenvalue weighted by molar-refractivity contribution is 5.98. The quantitative estimate of drug-likeness (QED) is 0.667. The van der Waals surface area contributed by atoms with Gasteiger partial charge in [-0.3, -0.25) is 9.78 Å². The molecule has 0 unspecified atom stereocenters. The van der Waals surface area contributed by atoms with Crippen molar-refractivity contribution in [2.45, 2.75) is 19.8 Å². The summed E-state index contributed by atoms with van der Waals surface area (Å²) < 4.78 is 0. The lowest BCUT2D eigenvalue weighted by Gasteiger charge is -2.10. The van der Waals surface area contributed by atoms with Gasteiger partial charge in [0.05, 0.1) is 5.69 Å². The van der Waals surface area contributed by atoms with Crippen LogP contribution < -0.4 is 16.8 Å². The molecule has 3 heterocycles. The second kappa shape index (κ2) is 7.45. The van der Waals surface area contributed by atoms with Crippen molar-refractivity contribution in [2.24, 2.45) is 11.7 Å². The van der Waals surface area contributed by atoms with Crippen molar-refractivity contribution in [1.82, 2.24) is 15.0 Å². The van der Waals surface area contributed by atoms with Gasteiger partial charge < -0.3 is 16.8 Å². The van der Waals surface area contributed by atoms with E-state index in [1.807, 2.05) is 25.1 Å². The number of nitrogens with one attached hydrogen (secondary N) is 1. The maximum Gasteiger partial charge on any atom is 0.228 e. The van der Waals surface area contributed by atoms with Gasteiger partial charge >= 0.3 is 0 Å². The van der Waals surface area contributed by atoms with Crippen molar-refractivity contribution in [2.75, 3.05) is 18.1 Å². The third kappa shape index (κ3) is 3.62. The van der Waals surface area contributed by atoms with Crippen molar-refractivity contribution in [1.29, 1.82) is 0 Å². The summed E-state index contributed by atoms with van der Waals surface area (Å²) in [5.41, 5.74) is 13.4. The summed E-state index contributed by atoms with van der Waals surface area (Å²) in [7, 11) is 1.50. The average Bonchev–Trinajstić information content (AvgIpc) is 3.49. The summed E-state index contributed by atoms with van der Waals surface area (Å²) in [5.74, 6) is 1.13. The number of nitrogen functional groups attached to an aromatic ring is 1. The van der Waals surface area contributed by atoms with Crippen molar-refractivity contribution in [3.05, 3.63) is 42.4 Å². The lowest BCUT2D eigenvalue weighted by molar-refractivity contribution is -0.117. The largest absolute Gasteiger partial charge is 0.383 e. The van der Waals surface area contributed by atoms with Crippen molar-refractivity contribution >= 4 is 28.3 Å². The number of carbonyl (C=O) groups is 1. The average molecular weight is 350 g/mol.